The van der Waals surface area contributed by atoms with E-state index in [0.717, 1.165) is 27.8 Å². The molecule has 0 bridgehead atoms. The monoisotopic (exact) mass is 333 g/mol. The van der Waals surface area contributed by atoms with Crippen LogP contribution in [0.1, 0.15) is 33.4 Å². The van der Waals surface area contributed by atoms with Crippen LogP contribution in [0.2, 0.25) is 0 Å². The van der Waals surface area contributed by atoms with Crippen LogP contribution in [0.3, 0.4) is 0 Å². The van der Waals surface area contributed by atoms with Crippen molar-refractivity contribution in [1.29, 1.82) is 0 Å². The van der Waals surface area contributed by atoms with Gasteiger partial charge >= 0.3 is 0 Å². The third-order valence-corrected chi connectivity index (χ3v) is 5.93. The SMILES string of the molecule is Cc1ccc(CO)cc1NS(=O)(=O)c1c(C)c(C)cc(C)c1C. The van der Waals surface area contributed by atoms with E-state index >= 15 is 0 Å². The Balaban J connectivity index is 2.57. The highest BCUT2D eigenvalue weighted by Gasteiger charge is 2.22. The van der Waals surface area contributed by atoms with Crippen molar-refractivity contribution >= 4 is 15.7 Å². The van der Waals surface area contributed by atoms with Crippen LogP contribution in [0.5, 0.6) is 0 Å². The number of aryl methyl sites for hydroxylation is 3. The minimum atomic E-state index is -3.70. The Morgan fingerprint density at radius 2 is 1.48 bits per heavy atom. The van der Waals surface area contributed by atoms with Gasteiger partial charge in [0.2, 0.25) is 0 Å². The second-order valence-corrected chi connectivity index (χ2v) is 7.62. The molecule has 0 saturated carbocycles. The highest BCUT2D eigenvalue weighted by molar-refractivity contribution is 7.92. The van der Waals surface area contributed by atoms with Crippen molar-refractivity contribution in [1.82, 2.24) is 0 Å². The van der Waals surface area contributed by atoms with Crippen LogP contribution in [0.25, 0.3) is 0 Å². The molecule has 0 fully saturated rings. The van der Waals surface area contributed by atoms with E-state index in [4.69, 9.17) is 0 Å². The van der Waals surface area contributed by atoms with E-state index < -0.39 is 10.0 Å². The number of anilines is 1. The van der Waals surface area contributed by atoms with Gasteiger partial charge in [0.1, 0.15) is 0 Å². The molecule has 4 nitrogen and oxygen atoms in total. The standard InChI is InChI=1S/C18H23NO3S/c1-11-6-7-16(10-20)9-17(11)19-23(21,22)18-14(4)12(2)8-13(3)15(18)5/h6-9,19-20H,10H2,1-5H3. The van der Waals surface area contributed by atoms with Gasteiger partial charge in [-0.2, -0.15) is 0 Å². The first-order chi connectivity index (χ1) is 10.7. The second-order valence-electron chi connectivity index (χ2n) is 6.00. The lowest BCUT2D eigenvalue weighted by Gasteiger charge is -2.18. The molecule has 124 valence electrons. The summed E-state index contributed by atoms with van der Waals surface area (Å²) in [5, 5.41) is 9.25. The second kappa shape index (κ2) is 6.34. The number of aliphatic hydroxyl groups excluding tert-OH is 1. The average molecular weight is 333 g/mol. The first-order valence-electron chi connectivity index (χ1n) is 7.48. The van der Waals surface area contributed by atoms with Crippen molar-refractivity contribution in [2.75, 3.05) is 4.72 Å². The molecular weight excluding hydrogens is 310 g/mol. The van der Waals surface area contributed by atoms with Gasteiger partial charge in [0, 0.05) is 0 Å². The van der Waals surface area contributed by atoms with Gasteiger partial charge < -0.3 is 5.11 Å². The fourth-order valence-electron chi connectivity index (χ4n) is 2.66. The van der Waals surface area contributed by atoms with Gasteiger partial charge in [0.25, 0.3) is 10.0 Å². The topological polar surface area (TPSA) is 66.4 Å². The van der Waals surface area contributed by atoms with E-state index in [2.05, 4.69) is 4.72 Å². The van der Waals surface area contributed by atoms with Crippen molar-refractivity contribution in [2.45, 2.75) is 46.1 Å². The van der Waals surface area contributed by atoms with Gasteiger partial charge in [0.15, 0.2) is 0 Å². The summed E-state index contributed by atoms with van der Waals surface area (Å²) in [6.07, 6.45) is 0. The van der Waals surface area contributed by atoms with E-state index in [-0.39, 0.29) is 6.61 Å². The Kier molecular flexibility index (Phi) is 4.82. The molecule has 0 spiro atoms. The summed E-state index contributed by atoms with van der Waals surface area (Å²) in [6, 6.07) is 7.24. The number of sulfonamides is 1. The number of aliphatic hydroxyl groups is 1. The molecule has 0 aliphatic carbocycles. The normalized spacial score (nSPS) is 11.6. The zero-order valence-corrected chi connectivity index (χ0v) is 15.0. The molecule has 23 heavy (non-hydrogen) atoms. The molecule has 0 aliphatic heterocycles. The van der Waals surface area contributed by atoms with Gasteiger partial charge in [-0.25, -0.2) is 8.42 Å². The predicted octanol–water partition coefficient (Wildman–Crippen LogP) is 3.52. The van der Waals surface area contributed by atoms with E-state index in [0.29, 0.717) is 16.1 Å². The molecule has 0 radical (unpaired) electrons. The third kappa shape index (κ3) is 3.41. The van der Waals surface area contributed by atoms with E-state index in [1.165, 1.54) is 0 Å². The minimum absolute atomic E-state index is 0.128. The van der Waals surface area contributed by atoms with Crippen LogP contribution < -0.4 is 4.72 Å². The number of nitrogens with one attached hydrogen (secondary N) is 1. The zero-order chi connectivity index (χ0) is 17.4. The highest BCUT2D eigenvalue weighted by Crippen LogP contribution is 2.29. The Morgan fingerprint density at radius 3 is 2.00 bits per heavy atom. The van der Waals surface area contributed by atoms with E-state index in [9.17, 15) is 13.5 Å². The predicted molar refractivity (Wildman–Crippen MR) is 93.3 cm³/mol. The third-order valence-electron chi connectivity index (χ3n) is 4.29. The Morgan fingerprint density at radius 1 is 0.913 bits per heavy atom. The molecule has 0 unspecified atom stereocenters. The van der Waals surface area contributed by atoms with Gasteiger partial charge in [-0.15, -0.1) is 0 Å². The largest absolute Gasteiger partial charge is 0.392 e. The molecule has 0 aliphatic rings. The van der Waals surface area contributed by atoms with Crippen LogP contribution in [0.15, 0.2) is 29.2 Å². The summed E-state index contributed by atoms with van der Waals surface area (Å²) in [5.74, 6) is 0. The molecule has 0 saturated heterocycles. The van der Waals surface area contributed by atoms with Crippen molar-refractivity contribution in [3.63, 3.8) is 0 Å². The number of rotatable bonds is 4. The van der Waals surface area contributed by atoms with Crippen LogP contribution in [-0.2, 0) is 16.6 Å². The van der Waals surface area contributed by atoms with Crippen molar-refractivity contribution < 1.29 is 13.5 Å². The van der Waals surface area contributed by atoms with Crippen LogP contribution >= 0.6 is 0 Å². The van der Waals surface area contributed by atoms with Crippen molar-refractivity contribution in [3.05, 3.63) is 57.6 Å². The minimum Gasteiger partial charge on any atom is -0.392 e. The van der Waals surface area contributed by atoms with E-state index in [1.54, 1.807) is 18.2 Å². The number of hydrogen-bond acceptors (Lipinski definition) is 3. The van der Waals surface area contributed by atoms with E-state index in [1.807, 2.05) is 40.7 Å². The molecule has 2 aromatic carbocycles. The van der Waals surface area contributed by atoms with Gasteiger partial charge in [-0.3, -0.25) is 4.72 Å². The molecule has 0 atom stereocenters. The molecule has 0 amide bonds. The number of hydrogen-bond donors (Lipinski definition) is 2. The van der Waals surface area contributed by atoms with Crippen LogP contribution in [-0.4, -0.2) is 13.5 Å². The van der Waals surface area contributed by atoms with Crippen molar-refractivity contribution in [3.8, 4) is 0 Å². The Hall–Kier alpha value is -1.85. The fraction of sp³-hybridized carbons (Fsp3) is 0.333. The van der Waals surface area contributed by atoms with Crippen molar-refractivity contribution in [2.24, 2.45) is 0 Å². The molecule has 2 rings (SSSR count). The molecule has 2 aromatic rings. The maximum atomic E-state index is 12.9. The lowest BCUT2D eigenvalue weighted by molar-refractivity contribution is 0.282. The lowest BCUT2D eigenvalue weighted by atomic mass is 10.0. The number of benzene rings is 2. The van der Waals surface area contributed by atoms with Crippen LogP contribution in [0.4, 0.5) is 5.69 Å². The summed E-state index contributed by atoms with van der Waals surface area (Å²) < 4.78 is 28.5. The lowest BCUT2D eigenvalue weighted by Crippen LogP contribution is -2.17. The Labute approximate surface area is 138 Å². The molecular formula is C18H23NO3S. The summed E-state index contributed by atoms with van der Waals surface area (Å²) >= 11 is 0. The molecule has 0 heterocycles. The van der Waals surface area contributed by atoms with Gasteiger partial charge in [-0.1, -0.05) is 18.2 Å². The Bertz CT molecular complexity index is 829. The summed E-state index contributed by atoms with van der Waals surface area (Å²) in [6.45, 7) is 9.19. The zero-order valence-electron chi connectivity index (χ0n) is 14.2. The van der Waals surface area contributed by atoms with Gasteiger partial charge in [0.05, 0.1) is 17.2 Å². The first-order valence-corrected chi connectivity index (χ1v) is 8.96. The smallest absolute Gasteiger partial charge is 0.262 e. The quantitative estimate of drug-likeness (QED) is 0.899. The molecule has 5 heteroatoms. The average Bonchev–Trinajstić information content (AvgIpc) is 2.47. The maximum absolute atomic E-state index is 12.9. The highest BCUT2D eigenvalue weighted by atomic mass is 32.2. The van der Waals surface area contributed by atoms with Crippen LogP contribution in [0, 0.1) is 34.6 Å². The molecule has 0 aromatic heterocycles. The maximum Gasteiger partial charge on any atom is 0.262 e. The van der Waals surface area contributed by atoms with Gasteiger partial charge in [-0.05, 0) is 74.1 Å². The molecule has 2 N–H and O–H groups in total. The summed E-state index contributed by atoms with van der Waals surface area (Å²) in [5.41, 5.74) is 5.40. The first kappa shape index (κ1) is 17.5. The summed E-state index contributed by atoms with van der Waals surface area (Å²) in [7, 11) is -3.70. The summed E-state index contributed by atoms with van der Waals surface area (Å²) in [4.78, 5) is 0.337. The fourth-order valence-corrected chi connectivity index (χ4v) is 4.40.